The number of para-hydroxylation sites is 1. The standard InChI is InChI=1S/C12H10ClFN2O2S/c13-8-4-3-6-10(12(8)14)16-19(17,18)11-7-2-1-5-9(11)15/h1-7,16H,15H2. The van der Waals surface area contributed by atoms with Crippen LogP contribution in [0.4, 0.5) is 15.8 Å². The van der Waals surface area contributed by atoms with Gasteiger partial charge in [-0.25, -0.2) is 12.8 Å². The van der Waals surface area contributed by atoms with E-state index < -0.39 is 15.8 Å². The summed E-state index contributed by atoms with van der Waals surface area (Å²) in [6.07, 6.45) is 0. The summed E-state index contributed by atoms with van der Waals surface area (Å²) in [5.41, 5.74) is 5.44. The Kier molecular flexibility index (Phi) is 3.64. The quantitative estimate of drug-likeness (QED) is 0.856. The van der Waals surface area contributed by atoms with Gasteiger partial charge in [-0.2, -0.15) is 0 Å². The lowest BCUT2D eigenvalue weighted by molar-refractivity contribution is 0.599. The summed E-state index contributed by atoms with van der Waals surface area (Å²) in [6.45, 7) is 0. The molecule has 3 N–H and O–H groups in total. The number of benzene rings is 2. The SMILES string of the molecule is Nc1ccccc1S(=O)(=O)Nc1cccc(Cl)c1F. The van der Waals surface area contributed by atoms with Crippen molar-refractivity contribution in [1.29, 1.82) is 0 Å². The summed E-state index contributed by atoms with van der Waals surface area (Å²) in [6, 6.07) is 9.96. The fourth-order valence-corrected chi connectivity index (χ4v) is 2.88. The van der Waals surface area contributed by atoms with Crippen molar-refractivity contribution < 1.29 is 12.8 Å². The number of nitrogen functional groups attached to an aromatic ring is 1. The number of rotatable bonds is 3. The fourth-order valence-electron chi connectivity index (χ4n) is 1.51. The summed E-state index contributed by atoms with van der Waals surface area (Å²) >= 11 is 5.59. The molecule has 2 aromatic carbocycles. The lowest BCUT2D eigenvalue weighted by atomic mass is 10.3. The van der Waals surface area contributed by atoms with Gasteiger partial charge in [0, 0.05) is 0 Å². The van der Waals surface area contributed by atoms with Crippen molar-refractivity contribution >= 4 is 33.0 Å². The molecule has 2 aromatic rings. The van der Waals surface area contributed by atoms with Gasteiger partial charge in [-0.05, 0) is 24.3 Å². The average molecular weight is 301 g/mol. The molecule has 0 heterocycles. The normalized spacial score (nSPS) is 11.3. The van der Waals surface area contributed by atoms with E-state index in [2.05, 4.69) is 4.72 Å². The highest BCUT2D eigenvalue weighted by atomic mass is 35.5. The van der Waals surface area contributed by atoms with E-state index in [4.69, 9.17) is 17.3 Å². The lowest BCUT2D eigenvalue weighted by Gasteiger charge is -2.11. The van der Waals surface area contributed by atoms with Gasteiger partial charge in [0.05, 0.1) is 16.4 Å². The second-order valence-electron chi connectivity index (χ2n) is 3.74. The van der Waals surface area contributed by atoms with E-state index in [9.17, 15) is 12.8 Å². The van der Waals surface area contributed by atoms with Crippen LogP contribution in [-0.4, -0.2) is 8.42 Å². The van der Waals surface area contributed by atoms with Crippen LogP contribution < -0.4 is 10.5 Å². The van der Waals surface area contributed by atoms with E-state index in [0.717, 1.165) is 0 Å². The monoisotopic (exact) mass is 300 g/mol. The largest absolute Gasteiger partial charge is 0.398 e. The number of hydrogen-bond acceptors (Lipinski definition) is 3. The maximum Gasteiger partial charge on any atom is 0.264 e. The minimum absolute atomic E-state index is 0.0810. The molecule has 0 aliphatic rings. The third kappa shape index (κ3) is 2.80. The van der Waals surface area contributed by atoms with Crippen molar-refractivity contribution in [1.82, 2.24) is 0 Å². The molecule has 0 radical (unpaired) electrons. The van der Waals surface area contributed by atoms with Crippen molar-refractivity contribution in [3.05, 3.63) is 53.3 Å². The molecule has 0 aromatic heterocycles. The van der Waals surface area contributed by atoms with Gasteiger partial charge < -0.3 is 5.73 Å². The Morgan fingerprint density at radius 3 is 2.47 bits per heavy atom. The summed E-state index contributed by atoms with van der Waals surface area (Å²) in [7, 11) is -3.96. The number of sulfonamides is 1. The minimum Gasteiger partial charge on any atom is -0.398 e. The zero-order chi connectivity index (χ0) is 14.0. The molecule has 4 nitrogen and oxygen atoms in total. The first-order valence-corrected chi connectivity index (χ1v) is 7.09. The van der Waals surface area contributed by atoms with Crippen LogP contribution in [0.3, 0.4) is 0 Å². The second kappa shape index (κ2) is 5.07. The van der Waals surface area contributed by atoms with Gasteiger partial charge in [-0.1, -0.05) is 29.8 Å². The number of hydrogen-bond donors (Lipinski definition) is 2. The molecule has 2 rings (SSSR count). The van der Waals surface area contributed by atoms with Crippen LogP contribution in [-0.2, 0) is 10.0 Å². The second-order valence-corrected chi connectivity index (χ2v) is 5.80. The van der Waals surface area contributed by atoms with E-state index in [1.54, 1.807) is 6.07 Å². The summed E-state index contributed by atoms with van der Waals surface area (Å²) in [5.74, 6) is -0.831. The third-order valence-electron chi connectivity index (χ3n) is 2.40. The van der Waals surface area contributed by atoms with Crippen LogP contribution >= 0.6 is 11.6 Å². The Morgan fingerprint density at radius 2 is 1.79 bits per heavy atom. The van der Waals surface area contributed by atoms with E-state index in [1.165, 1.54) is 36.4 Å². The van der Waals surface area contributed by atoms with E-state index in [1.807, 2.05) is 0 Å². The molecule has 0 aliphatic carbocycles. The summed E-state index contributed by atoms with van der Waals surface area (Å²) in [4.78, 5) is -0.116. The molecule has 0 saturated carbocycles. The Labute approximate surface area is 115 Å². The topological polar surface area (TPSA) is 72.2 Å². The number of anilines is 2. The van der Waals surface area contributed by atoms with Gasteiger partial charge in [-0.3, -0.25) is 4.72 Å². The Balaban J connectivity index is 2.43. The van der Waals surface area contributed by atoms with Crippen molar-refractivity contribution in [2.45, 2.75) is 4.90 Å². The first-order valence-electron chi connectivity index (χ1n) is 5.23. The van der Waals surface area contributed by atoms with E-state index in [0.29, 0.717) is 0 Å². The smallest absolute Gasteiger partial charge is 0.264 e. The molecule has 0 saturated heterocycles. The zero-order valence-electron chi connectivity index (χ0n) is 9.60. The molecule has 0 spiro atoms. The molecule has 0 fully saturated rings. The maximum absolute atomic E-state index is 13.7. The predicted octanol–water partition coefficient (Wildman–Crippen LogP) is 2.86. The van der Waals surface area contributed by atoms with Crippen LogP contribution in [0.2, 0.25) is 5.02 Å². The van der Waals surface area contributed by atoms with E-state index in [-0.39, 0.29) is 21.3 Å². The molecule has 0 aliphatic heterocycles. The van der Waals surface area contributed by atoms with Crippen molar-refractivity contribution in [3.8, 4) is 0 Å². The van der Waals surface area contributed by atoms with Crippen molar-refractivity contribution in [3.63, 3.8) is 0 Å². The molecule has 19 heavy (non-hydrogen) atoms. The Bertz CT molecular complexity index is 719. The van der Waals surface area contributed by atoms with Gasteiger partial charge in [0.1, 0.15) is 4.90 Å². The highest BCUT2D eigenvalue weighted by Crippen LogP contribution is 2.26. The number of halogens is 2. The molecular formula is C12H10ClFN2O2S. The number of nitrogens with one attached hydrogen (secondary N) is 1. The molecule has 0 bridgehead atoms. The third-order valence-corrected chi connectivity index (χ3v) is 4.14. The predicted molar refractivity (Wildman–Crippen MR) is 73.1 cm³/mol. The minimum atomic E-state index is -3.96. The molecule has 0 atom stereocenters. The van der Waals surface area contributed by atoms with Crippen molar-refractivity contribution in [2.75, 3.05) is 10.5 Å². The summed E-state index contributed by atoms with van der Waals surface area (Å²) in [5, 5.41) is -0.166. The average Bonchev–Trinajstić information content (AvgIpc) is 2.35. The van der Waals surface area contributed by atoms with Gasteiger partial charge in [-0.15, -0.1) is 0 Å². The lowest BCUT2D eigenvalue weighted by Crippen LogP contribution is -2.15. The van der Waals surface area contributed by atoms with Crippen LogP contribution in [0.25, 0.3) is 0 Å². The van der Waals surface area contributed by atoms with Gasteiger partial charge in [0.15, 0.2) is 5.82 Å². The molecule has 0 unspecified atom stereocenters. The van der Waals surface area contributed by atoms with Gasteiger partial charge >= 0.3 is 0 Å². The van der Waals surface area contributed by atoms with Crippen molar-refractivity contribution in [2.24, 2.45) is 0 Å². The van der Waals surface area contributed by atoms with Crippen LogP contribution in [0.5, 0.6) is 0 Å². The van der Waals surface area contributed by atoms with Crippen LogP contribution in [0.15, 0.2) is 47.4 Å². The summed E-state index contributed by atoms with van der Waals surface area (Å²) < 4.78 is 39.9. The maximum atomic E-state index is 13.7. The fraction of sp³-hybridized carbons (Fsp3) is 0. The van der Waals surface area contributed by atoms with Gasteiger partial charge in [0.2, 0.25) is 0 Å². The Hall–Kier alpha value is -1.79. The van der Waals surface area contributed by atoms with Gasteiger partial charge in [0.25, 0.3) is 10.0 Å². The Morgan fingerprint density at radius 1 is 1.11 bits per heavy atom. The highest BCUT2D eigenvalue weighted by molar-refractivity contribution is 7.92. The molecule has 100 valence electrons. The molecular weight excluding hydrogens is 291 g/mol. The van der Waals surface area contributed by atoms with Crippen LogP contribution in [0, 0.1) is 5.82 Å². The first kappa shape index (κ1) is 13.6. The van der Waals surface area contributed by atoms with Crippen LogP contribution in [0.1, 0.15) is 0 Å². The molecule has 7 heteroatoms. The van der Waals surface area contributed by atoms with E-state index >= 15 is 0 Å². The zero-order valence-corrected chi connectivity index (χ0v) is 11.2. The highest BCUT2D eigenvalue weighted by Gasteiger charge is 2.19. The first-order chi connectivity index (χ1) is 8.92. The molecule has 0 amide bonds. The number of nitrogens with two attached hydrogens (primary N) is 1.